The summed E-state index contributed by atoms with van der Waals surface area (Å²) in [7, 11) is 1.30. The Kier molecular flexibility index (Phi) is 6.45. The van der Waals surface area contributed by atoms with Gasteiger partial charge in [-0.25, -0.2) is 4.79 Å². The monoisotopic (exact) mass is 376 g/mol. The summed E-state index contributed by atoms with van der Waals surface area (Å²) < 4.78 is 9.82. The first-order valence-electron chi connectivity index (χ1n) is 7.40. The smallest absolute Gasteiger partial charge is 0.331 e. The Bertz CT molecular complexity index is 845. The Balaban J connectivity index is 1.95. The quantitative estimate of drug-likeness (QED) is 0.344. The van der Waals surface area contributed by atoms with Crippen LogP contribution in [0.25, 0.3) is 6.08 Å². The molecule has 1 aromatic carbocycles. The number of hydrogen-bond acceptors (Lipinski definition) is 7. The number of nitrogens with zero attached hydrogens (tertiary/aromatic N) is 1. The van der Waals surface area contributed by atoms with Crippen LogP contribution in [0, 0.1) is 17.0 Å². The molecular formula is C17H16N2O6S. The van der Waals surface area contributed by atoms with Gasteiger partial charge in [0.15, 0.2) is 12.4 Å². The molecule has 1 N–H and O–H groups in total. The van der Waals surface area contributed by atoms with E-state index in [1.54, 1.807) is 13.0 Å². The third-order valence-electron chi connectivity index (χ3n) is 3.30. The number of carbonyl (C=O) groups excluding carboxylic acids is 2. The molecule has 26 heavy (non-hydrogen) atoms. The van der Waals surface area contributed by atoms with Crippen molar-refractivity contribution in [2.45, 2.75) is 6.92 Å². The lowest BCUT2D eigenvalue weighted by molar-refractivity contribution is -0.385. The second-order valence-electron chi connectivity index (χ2n) is 5.14. The fourth-order valence-corrected chi connectivity index (χ4v) is 2.65. The van der Waals surface area contributed by atoms with E-state index in [1.807, 2.05) is 16.8 Å². The molecule has 0 atom stereocenters. The van der Waals surface area contributed by atoms with Crippen LogP contribution in [0.2, 0.25) is 0 Å². The number of thiophene rings is 1. The van der Waals surface area contributed by atoms with E-state index in [0.29, 0.717) is 11.3 Å². The van der Waals surface area contributed by atoms with Crippen LogP contribution >= 0.6 is 11.3 Å². The fraction of sp³-hybridized carbons (Fsp3) is 0.176. The molecule has 9 heteroatoms. The molecule has 136 valence electrons. The predicted octanol–water partition coefficient (Wildman–Crippen LogP) is 3.17. The molecule has 0 spiro atoms. The lowest BCUT2D eigenvalue weighted by atomic mass is 10.1. The minimum absolute atomic E-state index is 0.0200. The number of nitro groups is 1. The fourth-order valence-electron chi connectivity index (χ4n) is 2.02. The van der Waals surface area contributed by atoms with E-state index < -0.39 is 23.4 Å². The van der Waals surface area contributed by atoms with Crippen LogP contribution in [-0.2, 0) is 14.3 Å². The molecule has 1 amide bonds. The van der Waals surface area contributed by atoms with Crippen molar-refractivity contribution in [3.8, 4) is 5.75 Å². The van der Waals surface area contributed by atoms with E-state index in [-0.39, 0.29) is 11.4 Å². The van der Waals surface area contributed by atoms with Crippen molar-refractivity contribution in [2.75, 3.05) is 19.0 Å². The second kappa shape index (κ2) is 8.77. The molecule has 0 radical (unpaired) electrons. The Morgan fingerprint density at radius 1 is 1.38 bits per heavy atom. The van der Waals surface area contributed by atoms with Crippen molar-refractivity contribution in [1.82, 2.24) is 0 Å². The van der Waals surface area contributed by atoms with E-state index >= 15 is 0 Å². The van der Waals surface area contributed by atoms with Crippen molar-refractivity contribution < 1.29 is 24.0 Å². The summed E-state index contributed by atoms with van der Waals surface area (Å²) in [6, 6.07) is 4.49. The summed E-state index contributed by atoms with van der Waals surface area (Å²) in [5.41, 5.74) is 1.48. The van der Waals surface area contributed by atoms with Gasteiger partial charge in [0.1, 0.15) is 0 Å². The zero-order chi connectivity index (χ0) is 19.1. The number of ether oxygens (including phenoxy) is 2. The second-order valence-corrected chi connectivity index (χ2v) is 5.92. The zero-order valence-electron chi connectivity index (χ0n) is 14.1. The maximum Gasteiger partial charge on any atom is 0.331 e. The lowest BCUT2D eigenvalue weighted by Crippen LogP contribution is -2.20. The van der Waals surface area contributed by atoms with Gasteiger partial charge < -0.3 is 14.8 Å². The van der Waals surface area contributed by atoms with Crippen LogP contribution < -0.4 is 10.1 Å². The molecule has 0 saturated heterocycles. The first-order chi connectivity index (χ1) is 12.4. The molecule has 8 nitrogen and oxygen atoms in total. The van der Waals surface area contributed by atoms with Crippen LogP contribution in [0.15, 0.2) is 35.0 Å². The number of anilines is 1. The highest BCUT2D eigenvalue weighted by molar-refractivity contribution is 7.08. The van der Waals surface area contributed by atoms with Crippen LogP contribution in [0.1, 0.15) is 11.1 Å². The van der Waals surface area contributed by atoms with E-state index in [0.717, 1.165) is 5.56 Å². The number of nitro benzene ring substituents is 1. The van der Waals surface area contributed by atoms with Gasteiger partial charge in [0.05, 0.1) is 12.0 Å². The maximum atomic E-state index is 11.9. The molecule has 2 aromatic rings. The number of carbonyl (C=O) groups is 2. The number of esters is 1. The Morgan fingerprint density at radius 2 is 2.15 bits per heavy atom. The van der Waals surface area contributed by atoms with Gasteiger partial charge in [-0.1, -0.05) is 0 Å². The Morgan fingerprint density at radius 3 is 2.77 bits per heavy atom. The van der Waals surface area contributed by atoms with E-state index in [4.69, 9.17) is 9.47 Å². The molecule has 0 aliphatic carbocycles. The molecule has 0 fully saturated rings. The van der Waals surface area contributed by atoms with E-state index in [9.17, 15) is 19.7 Å². The highest BCUT2D eigenvalue weighted by Crippen LogP contribution is 2.32. The number of amides is 1. The Labute approximate surface area is 153 Å². The molecule has 0 saturated carbocycles. The van der Waals surface area contributed by atoms with Crippen molar-refractivity contribution >= 4 is 40.7 Å². The summed E-state index contributed by atoms with van der Waals surface area (Å²) in [5.74, 6) is -1.20. The summed E-state index contributed by atoms with van der Waals surface area (Å²) in [6.07, 6.45) is 2.82. The maximum absolute atomic E-state index is 11.9. The third kappa shape index (κ3) is 5.15. The topological polar surface area (TPSA) is 108 Å². The van der Waals surface area contributed by atoms with Gasteiger partial charge in [-0.3, -0.25) is 14.9 Å². The van der Waals surface area contributed by atoms with E-state index in [2.05, 4.69) is 5.32 Å². The number of aryl methyl sites for hydroxylation is 1. The molecule has 1 heterocycles. The normalized spacial score (nSPS) is 10.5. The number of benzene rings is 1. The number of rotatable bonds is 7. The predicted molar refractivity (Wildman–Crippen MR) is 97.3 cm³/mol. The van der Waals surface area contributed by atoms with Crippen LogP contribution in [0.4, 0.5) is 11.4 Å². The summed E-state index contributed by atoms with van der Waals surface area (Å²) in [4.78, 5) is 33.9. The molecule has 0 bridgehead atoms. The van der Waals surface area contributed by atoms with Crippen LogP contribution in [0.5, 0.6) is 5.75 Å². The summed E-state index contributed by atoms with van der Waals surface area (Å²) in [5, 5.41) is 17.2. The van der Waals surface area contributed by atoms with Crippen LogP contribution in [0.3, 0.4) is 0 Å². The van der Waals surface area contributed by atoms with Crippen molar-refractivity contribution in [1.29, 1.82) is 0 Å². The van der Waals surface area contributed by atoms with Gasteiger partial charge in [-0.2, -0.15) is 11.3 Å². The van der Waals surface area contributed by atoms with Gasteiger partial charge in [0, 0.05) is 23.9 Å². The average molecular weight is 376 g/mol. The first kappa shape index (κ1) is 19.1. The van der Waals surface area contributed by atoms with Gasteiger partial charge in [0.2, 0.25) is 0 Å². The molecule has 0 unspecified atom stereocenters. The van der Waals surface area contributed by atoms with Crippen molar-refractivity contribution in [3.63, 3.8) is 0 Å². The molecule has 2 rings (SSSR count). The molecule has 0 aliphatic heterocycles. The number of methoxy groups -OCH3 is 1. The minimum atomic E-state index is -0.649. The minimum Gasteiger partial charge on any atom is -0.490 e. The zero-order valence-corrected chi connectivity index (χ0v) is 14.9. The number of hydrogen-bond donors (Lipinski definition) is 1. The van der Waals surface area contributed by atoms with Crippen molar-refractivity contribution in [2.24, 2.45) is 0 Å². The van der Waals surface area contributed by atoms with Crippen molar-refractivity contribution in [3.05, 3.63) is 56.3 Å². The van der Waals surface area contributed by atoms with Crippen LogP contribution in [-0.4, -0.2) is 30.5 Å². The van der Waals surface area contributed by atoms with Gasteiger partial charge in [0.25, 0.3) is 5.91 Å². The average Bonchev–Trinajstić information content (AvgIpc) is 3.13. The molecule has 1 aromatic heterocycles. The van der Waals surface area contributed by atoms with E-state index in [1.165, 1.54) is 36.7 Å². The summed E-state index contributed by atoms with van der Waals surface area (Å²) in [6.45, 7) is 1.13. The first-order valence-corrected chi connectivity index (χ1v) is 8.35. The number of nitrogens with one attached hydrogen (secondary N) is 1. The standard InChI is InChI=1S/C17H16N2O6S/c1-11-7-14(19(22)23)15(24-2)8-13(11)18-16(20)9-25-17(21)4-3-12-5-6-26-10-12/h3-8,10H,9H2,1-2H3,(H,18,20)/b4-3+. The highest BCUT2D eigenvalue weighted by atomic mass is 32.1. The third-order valence-corrected chi connectivity index (χ3v) is 4.00. The van der Waals surface area contributed by atoms with Gasteiger partial charge in [-0.15, -0.1) is 0 Å². The van der Waals surface area contributed by atoms with Gasteiger partial charge in [-0.05, 0) is 41.0 Å². The lowest BCUT2D eigenvalue weighted by Gasteiger charge is -2.10. The Hall–Kier alpha value is -3.20. The highest BCUT2D eigenvalue weighted by Gasteiger charge is 2.18. The largest absolute Gasteiger partial charge is 0.490 e. The molecular weight excluding hydrogens is 360 g/mol. The van der Waals surface area contributed by atoms with Gasteiger partial charge >= 0.3 is 11.7 Å². The molecule has 0 aliphatic rings. The summed E-state index contributed by atoms with van der Waals surface area (Å²) >= 11 is 1.50. The SMILES string of the molecule is COc1cc(NC(=O)COC(=O)/C=C/c2ccsc2)c(C)cc1[N+](=O)[O-].